The van der Waals surface area contributed by atoms with Crippen molar-refractivity contribution in [3.8, 4) is 5.88 Å². The van der Waals surface area contributed by atoms with Gasteiger partial charge < -0.3 is 10.5 Å². The van der Waals surface area contributed by atoms with Crippen molar-refractivity contribution in [3.63, 3.8) is 0 Å². The Morgan fingerprint density at radius 1 is 1.41 bits per heavy atom. The van der Waals surface area contributed by atoms with Crippen LogP contribution in [0.3, 0.4) is 0 Å². The summed E-state index contributed by atoms with van der Waals surface area (Å²) in [5.74, 6) is 0.453. The fraction of sp³-hybridized carbons (Fsp3) is 0.273. The predicted molar refractivity (Wildman–Crippen MR) is 67.3 cm³/mol. The van der Waals surface area contributed by atoms with Crippen LogP contribution >= 0.6 is 11.8 Å². The molecule has 0 bridgehead atoms. The zero-order valence-electron chi connectivity index (χ0n) is 9.97. The zero-order valence-corrected chi connectivity index (χ0v) is 10.8. The summed E-state index contributed by atoms with van der Waals surface area (Å²) < 4.78 is 6.91. The Hall–Kier alpha value is -1.69. The molecule has 0 unspecified atom stereocenters. The Kier molecular flexibility index (Phi) is 3.23. The van der Waals surface area contributed by atoms with Gasteiger partial charge in [0.1, 0.15) is 10.1 Å². The molecule has 17 heavy (non-hydrogen) atoms. The van der Waals surface area contributed by atoms with Gasteiger partial charge in [-0.2, -0.15) is 5.10 Å². The van der Waals surface area contributed by atoms with Crippen molar-refractivity contribution >= 4 is 17.4 Å². The number of nitrogen functional groups attached to an aromatic ring is 1. The van der Waals surface area contributed by atoms with Gasteiger partial charge in [-0.1, -0.05) is 11.8 Å². The molecule has 2 rings (SSSR count). The van der Waals surface area contributed by atoms with Crippen LogP contribution in [0.4, 0.5) is 5.69 Å². The van der Waals surface area contributed by atoms with Gasteiger partial charge >= 0.3 is 0 Å². The second-order valence-electron chi connectivity index (χ2n) is 3.60. The van der Waals surface area contributed by atoms with E-state index >= 15 is 0 Å². The lowest BCUT2D eigenvalue weighted by molar-refractivity contribution is 0.397. The van der Waals surface area contributed by atoms with Gasteiger partial charge in [0.2, 0.25) is 5.88 Å². The lowest BCUT2D eigenvalue weighted by Gasteiger charge is -2.05. The molecule has 0 atom stereocenters. The van der Waals surface area contributed by atoms with E-state index in [0.717, 1.165) is 15.7 Å². The predicted octanol–water partition coefficient (Wildman–Crippen LogP) is 1.87. The minimum absolute atomic E-state index is 0.453. The first-order valence-electron chi connectivity index (χ1n) is 5.09. The summed E-state index contributed by atoms with van der Waals surface area (Å²) in [5, 5.41) is 6.14. The fourth-order valence-electron chi connectivity index (χ4n) is 1.44. The minimum Gasteiger partial charge on any atom is -0.480 e. The molecule has 0 amide bonds. The maximum Gasteiger partial charge on any atom is 0.237 e. The minimum atomic E-state index is 0.453. The number of aryl methyl sites for hydroxylation is 2. The number of hydrogen-bond acceptors (Lipinski definition) is 5. The van der Waals surface area contributed by atoms with E-state index in [1.807, 2.05) is 30.8 Å². The van der Waals surface area contributed by atoms with Crippen LogP contribution < -0.4 is 10.5 Å². The van der Waals surface area contributed by atoms with Crippen molar-refractivity contribution in [3.05, 3.63) is 23.9 Å². The summed E-state index contributed by atoms with van der Waals surface area (Å²) in [7, 11) is 3.46. The Bertz CT molecular complexity index is 538. The fourth-order valence-corrected chi connectivity index (χ4v) is 2.33. The van der Waals surface area contributed by atoms with Crippen LogP contribution in [0.15, 0.2) is 28.3 Å². The van der Waals surface area contributed by atoms with Gasteiger partial charge in [0.05, 0.1) is 18.5 Å². The number of aromatic nitrogens is 3. The van der Waals surface area contributed by atoms with Crippen LogP contribution in [0.1, 0.15) is 5.69 Å². The van der Waals surface area contributed by atoms with E-state index < -0.39 is 0 Å². The quantitative estimate of drug-likeness (QED) is 0.900. The number of pyridine rings is 1. The van der Waals surface area contributed by atoms with E-state index in [9.17, 15) is 0 Å². The highest BCUT2D eigenvalue weighted by molar-refractivity contribution is 7.99. The summed E-state index contributed by atoms with van der Waals surface area (Å²) in [4.78, 5) is 4.31. The first-order valence-corrected chi connectivity index (χ1v) is 5.91. The van der Waals surface area contributed by atoms with Gasteiger partial charge in [-0.05, 0) is 25.1 Å². The van der Waals surface area contributed by atoms with Crippen LogP contribution in [0.25, 0.3) is 0 Å². The van der Waals surface area contributed by atoms with Gasteiger partial charge in [0, 0.05) is 7.05 Å². The molecule has 2 aromatic rings. The Balaban J connectivity index is 2.27. The molecule has 0 saturated heterocycles. The van der Waals surface area contributed by atoms with Crippen LogP contribution in [0, 0.1) is 6.92 Å². The number of hydrogen-bond donors (Lipinski definition) is 1. The zero-order chi connectivity index (χ0) is 12.4. The molecule has 2 heterocycles. The first kappa shape index (κ1) is 11.8. The summed E-state index contributed by atoms with van der Waals surface area (Å²) in [6.07, 6.45) is 0. The van der Waals surface area contributed by atoms with Crippen molar-refractivity contribution in [1.82, 2.24) is 14.8 Å². The molecular formula is C11H14N4OS. The second-order valence-corrected chi connectivity index (χ2v) is 4.64. The van der Waals surface area contributed by atoms with Gasteiger partial charge in [-0.25, -0.2) is 4.98 Å². The van der Waals surface area contributed by atoms with E-state index in [0.29, 0.717) is 11.6 Å². The second kappa shape index (κ2) is 4.67. The topological polar surface area (TPSA) is 66.0 Å². The van der Waals surface area contributed by atoms with Crippen molar-refractivity contribution in [1.29, 1.82) is 0 Å². The molecule has 5 nitrogen and oxygen atoms in total. The van der Waals surface area contributed by atoms with Crippen LogP contribution in [-0.4, -0.2) is 21.9 Å². The number of nitrogens with two attached hydrogens (primary N) is 1. The molecule has 0 spiro atoms. The highest BCUT2D eigenvalue weighted by Crippen LogP contribution is 2.29. The molecule has 0 fully saturated rings. The van der Waals surface area contributed by atoms with Crippen molar-refractivity contribution in [2.75, 3.05) is 12.8 Å². The molecule has 6 heteroatoms. The van der Waals surface area contributed by atoms with E-state index in [2.05, 4.69) is 10.1 Å². The maximum absolute atomic E-state index is 5.71. The molecule has 0 saturated carbocycles. The molecule has 0 aliphatic carbocycles. The first-order chi connectivity index (χ1) is 8.10. The summed E-state index contributed by atoms with van der Waals surface area (Å²) in [6, 6.07) is 5.66. The summed E-state index contributed by atoms with van der Waals surface area (Å²) in [5.41, 5.74) is 7.24. The van der Waals surface area contributed by atoms with Gasteiger partial charge in [-0.3, -0.25) is 4.68 Å². The highest BCUT2D eigenvalue weighted by atomic mass is 32.2. The molecule has 2 N–H and O–H groups in total. The number of ether oxygens (including phenoxy) is 1. The smallest absolute Gasteiger partial charge is 0.237 e. The van der Waals surface area contributed by atoms with Gasteiger partial charge in [-0.15, -0.1) is 0 Å². The number of nitrogens with zero attached hydrogens (tertiary/aromatic N) is 3. The Morgan fingerprint density at radius 2 is 2.18 bits per heavy atom. The van der Waals surface area contributed by atoms with Crippen LogP contribution in [-0.2, 0) is 7.05 Å². The number of rotatable bonds is 3. The van der Waals surface area contributed by atoms with E-state index in [4.69, 9.17) is 10.5 Å². The third-order valence-corrected chi connectivity index (χ3v) is 3.25. The lowest BCUT2D eigenvalue weighted by Crippen LogP contribution is -1.97. The van der Waals surface area contributed by atoms with Crippen molar-refractivity contribution in [2.45, 2.75) is 17.0 Å². The van der Waals surface area contributed by atoms with Gasteiger partial charge in [0.25, 0.3) is 0 Å². The monoisotopic (exact) mass is 250 g/mol. The molecule has 0 aliphatic rings. The lowest BCUT2D eigenvalue weighted by atomic mass is 10.4. The summed E-state index contributed by atoms with van der Waals surface area (Å²) >= 11 is 1.53. The average molecular weight is 250 g/mol. The van der Waals surface area contributed by atoms with Crippen LogP contribution in [0.5, 0.6) is 5.88 Å². The Labute approximate surface area is 104 Å². The average Bonchev–Trinajstić information content (AvgIpc) is 2.60. The standard InChI is InChI=1S/C11H14N4OS/c1-7-6-10(15(2)14-7)17-9-5-4-8(12)11(13-9)16-3/h4-6H,12H2,1-3H3. The summed E-state index contributed by atoms with van der Waals surface area (Å²) in [6.45, 7) is 1.96. The molecular weight excluding hydrogens is 236 g/mol. The van der Waals surface area contributed by atoms with Crippen molar-refractivity contribution < 1.29 is 4.74 Å². The van der Waals surface area contributed by atoms with E-state index in [1.165, 1.54) is 11.8 Å². The molecule has 0 aliphatic heterocycles. The number of methoxy groups -OCH3 is 1. The van der Waals surface area contributed by atoms with E-state index in [-0.39, 0.29) is 0 Å². The molecule has 0 aromatic carbocycles. The molecule has 0 radical (unpaired) electrons. The number of anilines is 1. The Morgan fingerprint density at radius 3 is 2.76 bits per heavy atom. The maximum atomic E-state index is 5.71. The molecule has 90 valence electrons. The van der Waals surface area contributed by atoms with E-state index in [1.54, 1.807) is 13.2 Å². The SMILES string of the molecule is COc1nc(Sc2cc(C)nn2C)ccc1N. The van der Waals surface area contributed by atoms with Gasteiger partial charge in [0.15, 0.2) is 0 Å². The molecule has 2 aromatic heterocycles. The third-order valence-electron chi connectivity index (χ3n) is 2.23. The van der Waals surface area contributed by atoms with Crippen molar-refractivity contribution in [2.24, 2.45) is 7.05 Å². The highest BCUT2D eigenvalue weighted by Gasteiger charge is 2.08. The largest absolute Gasteiger partial charge is 0.480 e. The normalized spacial score (nSPS) is 10.5. The third kappa shape index (κ3) is 2.52. The van der Waals surface area contributed by atoms with Crippen LogP contribution in [0.2, 0.25) is 0 Å².